The summed E-state index contributed by atoms with van der Waals surface area (Å²) in [7, 11) is 0. The summed E-state index contributed by atoms with van der Waals surface area (Å²) in [5.41, 5.74) is 5.49. The van der Waals surface area contributed by atoms with Crippen molar-refractivity contribution < 1.29 is 9.59 Å². The average molecular weight is 239 g/mol. The molecule has 0 aliphatic heterocycles. The summed E-state index contributed by atoms with van der Waals surface area (Å²) in [4.78, 5) is 29.9. The van der Waals surface area contributed by atoms with Gasteiger partial charge in [-0.2, -0.15) is 0 Å². The van der Waals surface area contributed by atoms with E-state index in [2.05, 4.69) is 32.8 Å². The van der Waals surface area contributed by atoms with Crippen LogP contribution in [0.1, 0.15) is 0 Å². The van der Waals surface area contributed by atoms with Gasteiger partial charge in [-0.05, 0) is 0 Å². The van der Waals surface area contributed by atoms with Gasteiger partial charge in [0, 0.05) is 0 Å². The zero-order valence-electron chi connectivity index (χ0n) is 8.14. The van der Waals surface area contributed by atoms with Crippen molar-refractivity contribution in [2.75, 3.05) is 11.9 Å². The highest BCUT2D eigenvalue weighted by Gasteiger charge is 2.13. The molecule has 0 saturated carbocycles. The van der Waals surface area contributed by atoms with Crippen LogP contribution in [0.2, 0.25) is 0 Å². The van der Waals surface area contributed by atoms with E-state index in [4.69, 9.17) is 5.73 Å². The second-order valence-electron chi connectivity index (χ2n) is 2.73. The first-order valence-electron chi connectivity index (χ1n) is 4.22. The maximum atomic E-state index is 11.3. The van der Waals surface area contributed by atoms with E-state index < -0.39 is 11.8 Å². The maximum absolute atomic E-state index is 11.3. The van der Waals surface area contributed by atoms with E-state index in [-0.39, 0.29) is 11.5 Å². The van der Waals surface area contributed by atoms with Crippen LogP contribution >= 0.6 is 12.2 Å². The first-order chi connectivity index (χ1) is 7.59. The van der Waals surface area contributed by atoms with Crippen LogP contribution < -0.4 is 16.4 Å². The lowest BCUT2D eigenvalue weighted by atomic mass is 10.4. The Labute approximate surface area is 96.5 Å². The molecule has 0 spiro atoms. The highest BCUT2D eigenvalue weighted by molar-refractivity contribution is 7.80. The standard InChI is InChI=1S/C8H9N5O2S/c9-6(16)3-12-7(14)8(15)13-5-1-10-4-11-2-5/h1-2,4H,3H2,(H2,9,16)(H,12,14)(H,13,15). The topological polar surface area (TPSA) is 110 Å². The van der Waals surface area contributed by atoms with Crippen molar-refractivity contribution in [2.24, 2.45) is 5.73 Å². The van der Waals surface area contributed by atoms with Crippen molar-refractivity contribution in [3.8, 4) is 0 Å². The number of anilines is 1. The summed E-state index contributed by atoms with van der Waals surface area (Å²) < 4.78 is 0. The van der Waals surface area contributed by atoms with Crippen molar-refractivity contribution in [1.29, 1.82) is 0 Å². The van der Waals surface area contributed by atoms with Gasteiger partial charge in [-0.1, -0.05) is 12.2 Å². The molecule has 0 aliphatic rings. The Hall–Kier alpha value is -2.09. The third kappa shape index (κ3) is 3.96. The Morgan fingerprint density at radius 1 is 1.31 bits per heavy atom. The van der Waals surface area contributed by atoms with Gasteiger partial charge in [-0.15, -0.1) is 0 Å². The van der Waals surface area contributed by atoms with Gasteiger partial charge >= 0.3 is 11.8 Å². The van der Waals surface area contributed by atoms with Crippen molar-refractivity contribution in [3.63, 3.8) is 0 Å². The molecule has 0 unspecified atom stereocenters. The number of carbonyl (C=O) groups is 2. The summed E-state index contributed by atoms with van der Waals surface area (Å²) >= 11 is 4.54. The van der Waals surface area contributed by atoms with E-state index in [1.54, 1.807) is 0 Å². The fraction of sp³-hybridized carbons (Fsp3) is 0.125. The number of nitrogens with two attached hydrogens (primary N) is 1. The molecule has 8 heteroatoms. The van der Waals surface area contributed by atoms with Crippen LogP contribution in [-0.2, 0) is 9.59 Å². The number of aromatic nitrogens is 2. The summed E-state index contributed by atoms with van der Waals surface area (Å²) in [5, 5.41) is 4.55. The van der Waals surface area contributed by atoms with Gasteiger partial charge in [-0.25, -0.2) is 9.97 Å². The van der Waals surface area contributed by atoms with E-state index in [0.29, 0.717) is 5.69 Å². The fourth-order valence-corrected chi connectivity index (χ4v) is 0.871. The van der Waals surface area contributed by atoms with Crippen LogP contribution in [0.3, 0.4) is 0 Å². The van der Waals surface area contributed by atoms with Gasteiger partial charge in [0.05, 0.1) is 29.6 Å². The van der Waals surface area contributed by atoms with Crippen molar-refractivity contribution >= 4 is 34.7 Å². The van der Waals surface area contributed by atoms with Crippen molar-refractivity contribution in [1.82, 2.24) is 15.3 Å². The Bertz CT molecular complexity index is 408. The molecule has 84 valence electrons. The number of nitrogens with one attached hydrogen (secondary N) is 2. The van der Waals surface area contributed by atoms with Gasteiger partial charge in [0.2, 0.25) is 0 Å². The van der Waals surface area contributed by atoms with Gasteiger partial charge in [-0.3, -0.25) is 9.59 Å². The van der Waals surface area contributed by atoms with E-state index in [9.17, 15) is 9.59 Å². The van der Waals surface area contributed by atoms with Gasteiger partial charge in [0.25, 0.3) is 0 Å². The smallest absolute Gasteiger partial charge is 0.313 e. The van der Waals surface area contributed by atoms with Gasteiger partial charge in [0.1, 0.15) is 6.33 Å². The molecule has 7 nitrogen and oxygen atoms in total. The molecular formula is C8H9N5O2S. The van der Waals surface area contributed by atoms with E-state index >= 15 is 0 Å². The second-order valence-corrected chi connectivity index (χ2v) is 3.25. The monoisotopic (exact) mass is 239 g/mol. The molecule has 0 atom stereocenters. The minimum atomic E-state index is -0.828. The molecule has 0 saturated heterocycles. The maximum Gasteiger partial charge on any atom is 0.313 e. The normalized spacial score (nSPS) is 9.25. The minimum Gasteiger partial charge on any atom is -0.392 e. The highest BCUT2D eigenvalue weighted by atomic mass is 32.1. The molecule has 1 heterocycles. The Morgan fingerprint density at radius 3 is 2.50 bits per heavy atom. The number of nitrogens with zero attached hydrogens (tertiary/aromatic N) is 2. The first-order valence-corrected chi connectivity index (χ1v) is 4.63. The predicted molar refractivity (Wildman–Crippen MR) is 60.5 cm³/mol. The molecular weight excluding hydrogens is 230 g/mol. The van der Waals surface area contributed by atoms with E-state index in [0.717, 1.165) is 0 Å². The lowest BCUT2D eigenvalue weighted by Gasteiger charge is -2.04. The van der Waals surface area contributed by atoms with Crippen molar-refractivity contribution in [2.45, 2.75) is 0 Å². The number of rotatable bonds is 3. The number of hydrogen-bond acceptors (Lipinski definition) is 5. The summed E-state index contributed by atoms with van der Waals surface area (Å²) in [6, 6.07) is 0. The predicted octanol–water partition coefficient (Wildman–Crippen LogP) is -1.18. The summed E-state index contributed by atoms with van der Waals surface area (Å²) in [5.74, 6) is -1.65. The fourth-order valence-electron chi connectivity index (χ4n) is 0.799. The van der Waals surface area contributed by atoms with Crippen LogP contribution in [0, 0.1) is 0 Å². The van der Waals surface area contributed by atoms with Crippen LogP contribution in [0.4, 0.5) is 5.69 Å². The first kappa shape index (κ1) is 12.0. The third-order valence-corrected chi connectivity index (χ3v) is 1.59. The Balaban J connectivity index is 2.46. The number of carbonyl (C=O) groups excluding carboxylic acids is 2. The molecule has 2 amide bonds. The van der Waals surface area contributed by atoms with Crippen LogP contribution in [0.15, 0.2) is 18.7 Å². The molecule has 0 aliphatic carbocycles. The third-order valence-electron chi connectivity index (χ3n) is 1.45. The SMILES string of the molecule is NC(=S)CNC(=O)C(=O)Nc1cncnc1. The molecule has 0 aromatic carbocycles. The van der Waals surface area contributed by atoms with Crippen LogP contribution in [0.5, 0.6) is 0 Å². The zero-order valence-corrected chi connectivity index (χ0v) is 8.95. The van der Waals surface area contributed by atoms with Crippen molar-refractivity contribution in [3.05, 3.63) is 18.7 Å². The molecule has 0 fully saturated rings. The van der Waals surface area contributed by atoms with E-state index in [1.165, 1.54) is 18.7 Å². The number of thiocarbonyl (C=S) groups is 1. The Morgan fingerprint density at radius 2 is 1.94 bits per heavy atom. The minimum absolute atomic E-state index is 0.0210. The lowest BCUT2D eigenvalue weighted by molar-refractivity contribution is -0.135. The largest absolute Gasteiger partial charge is 0.392 e. The molecule has 1 aromatic heterocycles. The average Bonchev–Trinajstić information content (AvgIpc) is 2.27. The van der Waals surface area contributed by atoms with Crippen LogP contribution in [-0.4, -0.2) is 33.3 Å². The molecule has 0 bridgehead atoms. The highest BCUT2D eigenvalue weighted by Crippen LogP contribution is 1.99. The van der Waals surface area contributed by atoms with E-state index in [1.807, 2.05) is 0 Å². The zero-order chi connectivity index (χ0) is 12.0. The summed E-state index contributed by atoms with van der Waals surface area (Å²) in [6.07, 6.45) is 4.04. The summed E-state index contributed by atoms with van der Waals surface area (Å²) in [6.45, 7) is -0.0210. The molecule has 0 radical (unpaired) electrons. The molecule has 1 rings (SSSR count). The Kier molecular flexibility index (Phi) is 4.28. The molecule has 16 heavy (non-hydrogen) atoms. The lowest BCUT2D eigenvalue weighted by Crippen LogP contribution is -2.39. The molecule has 1 aromatic rings. The van der Waals surface area contributed by atoms with Gasteiger partial charge < -0.3 is 16.4 Å². The quantitative estimate of drug-likeness (QED) is 0.452. The van der Waals surface area contributed by atoms with Gasteiger partial charge in [0.15, 0.2) is 0 Å². The van der Waals surface area contributed by atoms with Crippen LogP contribution in [0.25, 0.3) is 0 Å². The number of hydrogen-bond donors (Lipinski definition) is 3. The number of amides is 2. The molecule has 4 N–H and O–H groups in total. The second kappa shape index (κ2) is 5.71.